The van der Waals surface area contributed by atoms with Gasteiger partial charge < -0.3 is 10.8 Å². The van der Waals surface area contributed by atoms with Crippen LogP contribution in [0.25, 0.3) is 28.3 Å². The maximum absolute atomic E-state index is 14.5. The summed E-state index contributed by atoms with van der Waals surface area (Å²) in [4.78, 5) is 8.52. The van der Waals surface area contributed by atoms with E-state index in [9.17, 15) is 13.9 Å². The largest absolute Gasteiger partial charge is 0.387 e. The first-order valence-electron chi connectivity index (χ1n) is 10.3. The Bertz CT molecular complexity index is 1310. The van der Waals surface area contributed by atoms with E-state index in [1.165, 1.54) is 42.9 Å². The highest BCUT2D eigenvalue weighted by molar-refractivity contribution is 5.74. The van der Waals surface area contributed by atoms with Gasteiger partial charge in [-0.1, -0.05) is 12.1 Å². The number of hydrogen-bond donors (Lipinski definition) is 2. The Morgan fingerprint density at radius 2 is 2.07 bits per heavy atom. The minimum atomic E-state index is -3.44. The first kappa shape index (κ1) is 15.6. The van der Waals surface area contributed by atoms with Crippen molar-refractivity contribution in [2.75, 3.05) is 5.73 Å². The van der Waals surface area contributed by atoms with Crippen molar-refractivity contribution in [1.29, 1.82) is 0 Å². The lowest BCUT2D eigenvalue weighted by Gasteiger charge is -2.21. The monoisotopic (exact) mass is 401 g/mol. The second-order valence-electron chi connectivity index (χ2n) is 6.81. The molecule has 1 atom stereocenters. The molecule has 0 bridgehead atoms. The molecule has 9 heteroatoms. The van der Waals surface area contributed by atoms with Crippen molar-refractivity contribution >= 4 is 11.5 Å². The van der Waals surface area contributed by atoms with E-state index >= 15 is 0 Å². The zero-order chi connectivity index (χ0) is 23.4. The third-order valence-electron chi connectivity index (χ3n) is 4.85. The summed E-state index contributed by atoms with van der Waals surface area (Å²) in [6.07, 6.45) is 2.48. The fourth-order valence-electron chi connectivity index (χ4n) is 3.18. The van der Waals surface area contributed by atoms with Gasteiger partial charge in [-0.3, -0.25) is 9.08 Å². The lowest BCUT2D eigenvalue weighted by Crippen LogP contribution is -2.28. The maximum Gasteiger partial charge on any atom is 0.298 e. The van der Waals surface area contributed by atoms with Gasteiger partial charge in [-0.25, -0.2) is 9.97 Å². The number of nitrogen functional groups attached to an aromatic ring is 1. The number of nitrogens with zero attached hydrogens (tertiary/aromatic N) is 5. The molecule has 0 amide bonds. The molecule has 3 aromatic heterocycles. The van der Waals surface area contributed by atoms with E-state index in [-0.39, 0.29) is 28.4 Å². The number of aliphatic hydroxyl groups excluding tert-OH is 1. The molecule has 3 heterocycles. The number of fused-ring (bicyclic) bond motifs is 1. The fourth-order valence-corrected chi connectivity index (χ4v) is 3.18. The molecule has 0 spiro atoms. The van der Waals surface area contributed by atoms with E-state index in [0.717, 1.165) is 11.6 Å². The minimum absolute atomic E-state index is 0.0372. The van der Waals surface area contributed by atoms with E-state index in [4.69, 9.17) is 9.85 Å². The van der Waals surface area contributed by atoms with Crippen LogP contribution in [-0.2, 0) is 12.9 Å². The van der Waals surface area contributed by atoms with Crippen molar-refractivity contribution in [2.45, 2.75) is 25.9 Å². The Balaban J connectivity index is 1.93. The minimum Gasteiger partial charge on any atom is -0.387 e. The number of alkyl halides is 2. The Morgan fingerprint density at radius 1 is 1.28 bits per heavy atom. The lowest BCUT2D eigenvalue weighted by atomic mass is 9.97. The number of nitrogens with two attached hydrogens (primary N) is 1. The summed E-state index contributed by atoms with van der Waals surface area (Å²) in [5, 5.41) is 13.4. The van der Waals surface area contributed by atoms with Gasteiger partial charge in [0.25, 0.3) is 5.92 Å². The van der Waals surface area contributed by atoms with Gasteiger partial charge in [0.1, 0.15) is 11.8 Å². The molecule has 0 aliphatic rings. The second-order valence-corrected chi connectivity index (χ2v) is 6.81. The Labute approximate surface area is 169 Å². The number of hydrogen-bond acceptors (Lipinski definition) is 5. The zero-order valence-electron chi connectivity index (χ0n) is 18.6. The smallest absolute Gasteiger partial charge is 0.298 e. The molecule has 0 aliphatic carbocycles. The van der Waals surface area contributed by atoms with Gasteiger partial charge in [-0.05, 0) is 31.5 Å². The van der Waals surface area contributed by atoms with Crippen LogP contribution in [0.3, 0.4) is 0 Å². The molecule has 3 N–H and O–H groups in total. The highest BCUT2D eigenvalue weighted by Crippen LogP contribution is 2.36. The summed E-state index contributed by atoms with van der Waals surface area (Å²) in [5.41, 5.74) is 8.06. The van der Waals surface area contributed by atoms with Crippen LogP contribution < -0.4 is 5.73 Å². The van der Waals surface area contributed by atoms with Crippen molar-refractivity contribution < 1.29 is 18.0 Å². The lowest BCUT2D eigenvalue weighted by molar-refractivity contribution is -0.106. The molecular formula is C20H20F2N6O. The number of anilines is 1. The van der Waals surface area contributed by atoms with Crippen molar-refractivity contribution in [3.05, 3.63) is 54.0 Å². The molecule has 1 unspecified atom stereocenters. The molecule has 150 valence electrons. The van der Waals surface area contributed by atoms with Gasteiger partial charge in [0.05, 0.1) is 17.6 Å². The van der Waals surface area contributed by atoms with Crippen LogP contribution in [-0.4, -0.2) is 35.4 Å². The summed E-state index contributed by atoms with van der Waals surface area (Å²) >= 11 is 0. The molecule has 7 nitrogen and oxygen atoms in total. The number of aromatic nitrogens is 5. The van der Waals surface area contributed by atoms with Crippen LogP contribution in [0.5, 0.6) is 0 Å². The van der Waals surface area contributed by atoms with Gasteiger partial charge in [0, 0.05) is 34.6 Å². The standard InChI is InChI=1S/C20H20F2N6O/c1-11-4-5-13(20(21,22)12(2)29)8-14(11)17-9-24-19-18(23)26-15(10-28(17)19)16-6-7-25-27(16)3/h4-10,12,29H,1-3H3,(H2,23,26)/i3D3. The highest BCUT2D eigenvalue weighted by atomic mass is 19.3. The topological polar surface area (TPSA) is 94.3 Å². The van der Waals surface area contributed by atoms with Gasteiger partial charge in [0.2, 0.25) is 0 Å². The number of imidazole rings is 1. The maximum atomic E-state index is 14.5. The summed E-state index contributed by atoms with van der Waals surface area (Å²) in [7, 11) is 0. The van der Waals surface area contributed by atoms with E-state index in [0.29, 0.717) is 16.8 Å². The number of halogens is 2. The van der Waals surface area contributed by atoms with E-state index in [1.807, 2.05) is 0 Å². The van der Waals surface area contributed by atoms with Gasteiger partial charge in [-0.2, -0.15) is 13.9 Å². The Kier molecular flexibility index (Phi) is 3.56. The quantitative estimate of drug-likeness (QED) is 0.548. The summed E-state index contributed by atoms with van der Waals surface area (Å²) in [6.45, 7) is 0.258. The van der Waals surface area contributed by atoms with Gasteiger partial charge in [-0.15, -0.1) is 0 Å². The molecule has 0 fully saturated rings. The molecule has 29 heavy (non-hydrogen) atoms. The molecule has 0 aliphatic heterocycles. The van der Waals surface area contributed by atoms with Gasteiger partial charge >= 0.3 is 0 Å². The molecule has 4 aromatic rings. The molecular weight excluding hydrogens is 378 g/mol. The number of aliphatic hydroxyl groups is 1. The predicted octanol–water partition coefficient (Wildman–Crippen LogP) is 3.16. The molecule has 0 radical (unpaired) electrons. The van der Waals surface area contributed by atoms with Gasteiger partial charge in [0.15, 0.2) is 11.5 Å². The fraction of sp³-hybridized carbons (Fsp3) is 0.250. The number of aryl methyl sites for hydroxylation is 2. The first-order chi connectivity index (χ1) is 14.9. The van der Waals surface area contributed by atoms with Crippen LogP contribution in [0.4, 0.5) is 14.6 Å². The Hall–Kier alpha value is -3.33. The van der Waals surface area contributed by atoms with E-state index in [2.05, 4.69) is 15.1 Å². The van der Waals surface area contributed by atoms with Crippen LogP contribution in [0.15, 0.2) is 42.9 Å². The molecule has 0 saturated heterocycles. The molecule has 1 aromatic carbocycles. The third-order valence-corrected chi connectivity index (χ3v) is 4.85. The average molecular weight is 401 g/mol. The van der Waals surface area contributed by atoms with Crippen molar-refractivity contribution in [1.82, 2.24) is 24.1 Å². The van der Waals surface area contributed by atoms with E-state index in [1.54, 1.807) is 11.3 Å². The zero-order valence-corrected chi connectivity index (χ0v) is 15.6. The molecule has 0 saturated carbocycles. The van der Waals surface area contributed by atoms with Crippen molar-refractivity contribution in [2.24, 2.45) is 6.98 Å². The normalized spacial score (nSPS) is 15.1. The average Bonchev–Trinajstić information content (AvgIpc) is 3.35. The number of rotatable bonds is 4. The van der Waals surface area contributed by atoms with Crippen LogP contribution >= 0.6 is 0 Å². The second kappa shape index (κ2) is 6.63. The van der Waals surface area contributed by atoms with E-state index < -0.39 is 19.0 Å². The highest BCUT2D eigenvalue weighted by Gasteiger charge is 2.37. The van der Waals surface area contributed by atoms with Crippen LogP contribution in [0.2, 0.25) is 0 Å². The third kappa shape index (κ3) is 3.03. The van der Waals surface area contributed by atoms with Crippen molar-refractivity contribution in [3.63, 3.8) is 0 Å². The SMILES string of the molecule is [2H]C([2H])([2H])n1nccc1-c1cn2c(-c3cc(C(F)(F)C(C)O)ccc3C)cnc2c(N)n1. The summed E-state index contributed by atoms with van der Waals surface area (Å²) < 4.78 is 54.3. The molecule has 4 rings (SSSR count). The van der Waals surface area contributed by atoms with Crippen LogP contribution in [0.1, 0.15) is 22.2 Å². The predicted molar refractivity (Wildman–Crippen MR) is 105 cm³/mol. The summed E-state index contributed by atoms with van der Waals surface area (Å²) in [5.74, 6) is -3.41. The first-order valence-corrected chi connectivity index (χ1v) is 8.77. The Morgan fingerprint density at radius 3 is 2.79 bits per heavy atom. The van der Waals surface area contributed by atoms with Crippen LogP contribution in [0, 0.1) is 6.92 Å². The summed E-state index contributed by atoms with van der Waals surface area (Å²) in [6, 6.07) is 5.60. The van der Waals surface area contributed by atoms with Crippen molar-refractivity contribution in [3.8, 4) is 22.6 Å². The number of benzene rings is 1.